The van der Waals surface area contributed by atoms with Crippen LogP contribution in [0.3, 0.4) is 0 Å². The average molecular weight is 291 g/mol. The number of hydrogen-bond acceptors (Lipinski definition) is 1. The number of rotatable bonds is 4. The molecule has 0 heterocycles. The summed E-state index contributed by atoms with van der Waals surface area (Å²) in [7, 11) is 0. The molecule has 1 heteroatoms. The second kappa shape index (κ2) is 6.00. The van der Waals surface area contributed by atoms with Gasteiger partial charge < -0.3 is 5.32 Å². The van der Waals surface area contributed by atoms with Crippen molar-refractivity contribution in [3.05, 3.63) is 70.3 Å². The Kier molecular flexibility index (Phi) is 4.06. The molecule has 1 N–H and O–H groups in total. The predicted octanol–water partition coefficient (Wildman–Crippen LogP) is 6.04. The maximum atomic E-state index is 3.63. The molecule has 0 spiro atoms. The monoisotopic (exact) mass is 291 g/mol. The van der Waals surface area contributed by atoms with Crippen molar-refractivity contribution in [1.29, 1.82) is 0 Å². The van der Waals surface area contributed by atoms with Gasteiger partial charge in [-0.2, -0.15) is 0 Å². The van der Waals surface area contributed by atoms with Crippen LogP contribution in [0.15, 0.2) is 48.0 Å². The fraction of sp³-hybridized carbons (Fsp3) is 0.333. The maximum Gasteiger partial charge on any atom is 0.0485 e. The topological polar surface area (TPSA) is 12.0 Å². The molecule has 1 fully saturated rings. The van der Waals surface area contributed by atoms with E-state index in [0.717, 1.165) is 0 Å². The summed E-state index contributed by atoms with van der Waals surface area (Å²) in [5.41, 5.74) is 9.86. The zero-order valence-electron chi connectivity index (χ0n) is 14.0. The minimum Gasteiger partial charge on any atom is -0.379 e. The number of nitrogens with one attached hydrogen (secondary N) is 1. The van der Waals surface area contributed by atoms with Crippen molar-refractivity contribution in [3.63, 3.8) is 0 Å². The molecule has 2 aromatic carbocycles. The number of hydrogen-bond donors (Lipinski definition) is 1. The second-order valence-corrected chi connectivity index (χ2v) is 6.49. The Labute approximate surface area is 134 Å². The summed E-state index contributed by atoms with van der Waals surface area (Å²) in [5.74, 6) is 0. The molecular formula is C21H25N. The third-order valence-electron chi connectivity index (χ3n) is 4.62. The van der Waals surface area contributed by atoms with Crippen molar-refractivity contribution >= 4 is 11.3 Å². The van der Waals surface area contributed by atoms with Gasteiger partial charge >= 0.3 is 0 Å². The molecule has 2 aromatic rings. The van der Waals surface area contributed by atoms with E-state index in [1.807, 2.05) is 0 Å². The molecule has 1 aliphatic rings. The van der Waals surface area contributed by atoms with Crippen molar-refractivity contribution in [2.45, 2.75) is 46.6 Å². The number of aryl methyl sites for hydroxylation is 2. The molecule has 1 unspecified atom stereocenters. The zero-order chi connectivity index (χ0) is 15.7. The Morgan fingerprint density at radius 3 is 2.14 bits per heavy atom. The Morgan fingerprint density at radius 1 is 1.00 bits per heavy atom. The Bertz CT molecular complexity index is 681. The summed E-state index contributed by atoms with van der Waals surface area (Å²) >= 11 is 0. The zero-order valence-corrected chi connectivity index (χ0v) is 14.0. The van der Waals surface area contributed by atoms with Crippen LogP contribution < -0.4 is 5.32 Å². The smallest absolute Gasteiger partial charge is 0.0485 e. The fourth-order valence-electron chi connectivity index (χ4n) is 3.33. The highest BCUT2D eigenvalue weighted by atomic mass is 14.9. The van der Waals surface area contributed by atoms with E-state index >= 15 is 0 Å². The molecule has 1 atom stereocenters. The van der Waals surface area contributed by atoms with E-state index in [0.29, 0.717) is 6.04 Å². The van der Waals surface area contributed by atoms with Crippen LogP contribution >= 0.6 is 0 Å². The van der Waals surface area contributed by atoms with Crippen LogP contribution in [0.25, 0.3) is 5.57 Å². The van der Waals surface area contributed by atoms with Crippen molar-refractivity contribution in [2.75, 3.05) is 5.32 Å². The van der Waals surface area contributed by atoms with E-state index in [4.69, 9.17) is 0 Å². The molecule has 0 saturated heterocycles. The third-order valence-corrected chi connectivity index (χ3v) is 4.62. The Morgan fingerprint density at radius 2 is 1.59 bits per heavy atom. The molecule has 1 aliphatic carbocycles. The maximum absolute atomic E-state index is 3.63. The molecule has 114 valence electrons. The lowest BCUT2D eigenvalue weighted by molar-refractivity contribution is 0.884. The molecule has 22 heavy (non-hydrogen) atoms. The van der Waals surface area contributed by atoms with Crippen molar-refractivity contribution in [2.24, 2.45) is 0 Å². The van der Waals surface area contributed by atoms with E-state index in [-0.39, 0.29) is 0 Å². The molecule has 0 aromatic heterocycles. The van der Waals surface area contributed by atoms with E-state index in [9.17, 15) is 0 Å². The minimum absolute atomic E-state index is 0.314. The van der Waals surface area contributed by atoms with E-state index < -0.39 is 0 Å². The highest BCUT2D eigenvalue weighted by Gasteiger charge is 2.18. The lowest BCUT2D eigenvalue weighted by Crippen LogP contribution is -2.07. The SMILES string of the molecule is CC(=C1CC1)c1c(C)cc(NC(C)c2ccccc2)cc1C. The van der Waals surface area contributed by atoms with Gasteiger partial charge in [0, 0.05) is 11.7 Å². The highest BCUT2D eigenvalue weighted by molar-refractivity contribution is 5.76. The van der Waals surface area contributed by atoms with E-state index in [1.165, 1.54) is 46.4 Å². The number of benzene rings is 2. The Hall–Kier alpha value is -2.02. The molecule has 0 amide bonds. The summed E-state index contributed by atoms with van der Waals surface area (Å²) < 4.78 is 0. The third kappa shape index (κ3) is 3.09. The quantitative estimate of drug-likeness (QED) is 0.723. The second-order valence-electron chi connectivity index (χ2n) is 6.49. The Balaban J connectivity index is 1.86. The predicted molar refractivity (Wildman–Crippen MR) is 96.2 cm³/mol. The lowest BCUT2D eigenvalue weighted by atomic mass is 9.95. The van der Waals surface area contributed by atoms with Crippen molar-refractivity contribution in [3.8, 4) is 0 Å². The van der Waals surface area contributed by atoms with E-state index in [2.05, 4.69) is 75.5 Å². The van der Waals surface area contributed by atoms with Crippen LogP contribution in [0.4, 0.5) is 5.69 Å². The standard InChI is InChI=1S/C21H25N/c1-14-12-20(22-17(4)19-8-6-5-7-9-19)13-15(2)21(14)16(3)18-10-11-18/h5-9,12-13,17,22H,10-11H2,1-4H3. The molecule has 0 radical (unpaired) electrons. The van der Waals surface area contributed by atoms with Gasteiger partial charge in [-0.25, -0.2) is 0 Å². The first-order valence-electron chi connectivity index (χ1n) is 8.18. The number of anilines is 1. The van der Waals surface area contributed by atoms with Gasteiger partial charge in [-0.1, -0.05) is 35.9 Å². The van der Waals surface area contributed by atoms with Crippen LogP contribution in [0.5, 0.6) is 0 Å². The number of allylic oxidation sites excluding steroid dienone is 2. The summed E-state index contributed by atoms with van der Waals surface area (Å²) in [5, 5.41) is 3.63. The molecule has 3 rings (SSSR count). The van der Waals surface area contributed by atoms with Gasteiger partial charge in [0.15, 0.2) is 0 Å². The van der Waals surface area contributed by atoms with Crippen LogP contribution in [0.1, 0.15) is 55.0 Å². The highest BCUT2D eigenvalue weighted by Crippen LogP contribution is 2.39. The molecule has 0 bridgehead atoms. The van der Waals surface area contributed by atoms with Gasteiger partial charge in [-0.05, 0) is 80.5 Å². The molecule has 1 nitrogen and oxygen atoms in total. The summed E-state index contributed by atoms with van der Waals surface area (Å²) in [6.45, 7) is 8.95. The van der Waals surface area contributed by atoms with Crippen molar-refractivity contribution in [1.82, 2.24) is 0 Å². The largest absolute Gasteiger partial charge is 0.379 e. The van der Waals surface area contributed by atoms with Crippen molar-refractivity contribution < 1.29 is 0 Å². The normalized spacial score (nSPS) is 14.6. The summed E-state index contributed by atoms with van der Waals surface area (Å²) in [6.07, 6.45) is 2.57. The van der Waals surface area contributed by atoms with E-state index in [1.54, 1.807) is 5.57 Å². The summed E-state index contributed by atoms with van der Waals surface area (Å²) in [6, 6.07) is 15.5. The van der Waals surface area contributed by atoms with Crippen LogP contribution in [-0.2, 0) is 0 Å². The van der Waals surface area contributed by atoms with Gasteiger partial charge in [-0.3, -0.25) is 0 Å². The fourth-order valence-corrected chi connectivity index (χ4v) is 3.33. The first kappa shape index (κ1) is 14.9. The van der Waals surface area contributed by atoms with Gasteiger partial charge in [0.2, 0.25) is 0 Å². The van der Waals surface area contributed by atoms with Gasteiger partial charge in [-0.15, -0.1) is 0 Å². The lowest BCUT2D eigenvalue weighted by Gasteiger charge is -2.19. The van der Waals surface area contributed by atoms with Crippen LogP contribution in [0.2, 0.25) is 0 Å². The molecule has 0 aliphatic heterocycles. The van der Waals surface area contributed by atoms with Gasteiger partial charge in [0.05, 0.1) is 0 Å². The average Bonchev–Trinajstić information content (AvgIpc) is 3.32. The minimum atomic E-state index is 0.314. The first-order chi connectivity index (χ1) is 10.6. The molecule has 1 saturated carbocycles. The first-order valence-corrected chi connectivity index (χ1v) is 8.18. The van der Waals surface area contributed by atoms with Gasteiger partial charge in [0.25, 0.3) is 0 Å². The van der Waals surface area contributed by atoms with Crippen LogP contribution in [-0.4, -0.2) is 0 Å². The van der Waals surface area contributed by atoms with Crippen LogP contribution in [0, 0.1) is 13.8 Å². The molecular weight excluding hydrogens is 266 g/mol. The van der Waals surface area contributed by atoms with Gasteiger partial charge in [0.1, 0.15) is 0 Å². The summed E-state index contributed by atoms with van der Waals surface area (Å²) in [4.78, 5) is 0.